The largest absolute Gasteiger partial charge is 0.472 e. The molecule has 1 aliphatic rings. The molecule has 14 nitrogen and oxygen atoms in total. The van der Waals surface area contributed by atoms with Crippen molar-refractivity contribution in [1.82, 2.24) is 0 Å². The fourth-order valence-corrected chi connectivity index (χ4v) is 6.96. The summed E-state index contributed by atoms with van der Waals surface area (Å²) >= 11 is 0. The molecule has 1 rings (SSSR count). The quantitative estimate of drug-likeness (QED) is 0.0106. The van der Waals surface area contributed by atoms with Crippen LogP contribution in [0.15, 0.2) is 109 Å². The summed E-state index contributed by atoms with van der Waals surface area (Å²) in [6, 6.07) is 0. The second-order valence-corrected chi connectivity index (χ2v) is 16.8. The van der Waals surface area contributed by atoms with Gasteiger partial charge in [-0.15, -0.1) is 0 Å². The minimum atomic E-state index is -5.18. The second kappa shape index (κ2) is 37.7. The number of carbonyl (C=O) groups is 2. The van der Waals surface area contributed by atoms with Crippen LogP contribution in [0.4, 0.5) is 0 Å². The number of aliphatic hydroxyl groups excluding tert-OH is 6. The molecule has 0 aromatic rings. The van der Waals surface area contributed by atoms with E-state index in [-0.39, 0.29) is 19.3 Å². The number of carbonyl (C=O) groups excluding carboxylic acids is 2. The van der Waals surface area contributed by atoms with E-state index in [1.807, 2.05) is 18.2 Å². The van der Waals surface area contributed by atoms with E-state index in [0.29, 0.717) is 19.3 Å². The highest BCUT2D eigenvalue weighted by atomic mass is 31.2. The van der Waals surface area contributed by atoms with Crippen LogP contribution in [0, 0.1) is 0 Å². The summed E-state index contributed by atoms with van der Waals surface area (Å²) in [5, 5.41) is 60.3. The molecule has 1 saturated carbocycles. The van der Waals surface area contributed by atoms with Crippen molar-refractivity contribution >= 4 is 19.8 Å². The van der Waals surface area contributed by atoms with Crippen LogP contribution in [0.1, 0.15) is 123 Å². The van der Waals surface area contributed by atoms with Gasteiger partial charge in [0.1, 0.15) is 43.2 Å². The highest BCUT2D eigenvalue weighted by Gasteiger charge is 2.51. The van der Waals surface area contributed by atoms with E-state index in [1.54, 1.807) is 24.3 Å². The van der Waals surface area contributed by atoms with E-state index in [0.717, 1.165) is 51.4 Å². The van der Waals surface area contributed by atoms with Gasteiger partial charge in [0.05, 0.1) is 12.7 Å². The van der Waals surface area contributed by atoms with Crippen molar-refractivity contribution in [1.29, 1.82) is 0 Å². The van der Waals surface area contributed by atoms with Crippen LogP contribution in [0.2, 0.25) is 0 Å². The summed E-state index contributed by atoms with van der Waals surface area (Å²) in [5.74, 6) is -1.34. The maximum Gasteiger partial charge on any atom is 0.472 e. The Labute approximate surface area is 381 Å². The molecule has 1 aliphatic carbocycles. The van der Waals surface area contributed by atoms with E-state index in [9.17, 15) is 49.7 Å². The summed E-state index contributed by atoms with van der Waals surface area (Å²) in [6.45, 7) is 2.95. The molecule has 0 radical (unpaired) electrons. The summed E-state index contributed by atoms with van der Waals surface area (Å²) < 4.78 is 33.3. The first-order valence-electron chi connectivity index (χ1n) is 22.8. The van der Waals surface area contributed by atoms with Gasteiger partial charge in [0, 0.05) is 12.8 Å². The zero-order valence-electron chi connectivity index (χ0n) is 37.9. The number of hydrogen-bond donors (Lipinski definition) is 7. The highest BCUT2D eigenvalue weighted by molar-refractivity contribution is 7.47. The molecule has 0 aromatic carbocycles. The van der Waals surface area contributed by atoms with Crippen molar-refractivity contribution in [3.63, 3.8) is 0 Å². The Bertz CT molecular complexity index is 1550. The lowest BCUT2D eigenvalue weighted by molar-refractivity contribution is -0.220. The van der Waals surface area contributed by atoms with Gasteiger partial charge in [-0.3, -0.25) is 18.6 Å². The summed E-state index contributed by atoms with van der Waals surface area (Å²) in [7, 11) is -5.18. The summed E-state index contributed by atoms with van der Waals surface area (Å²) in [5.41, 5.74) is 0. The van der Waals surface area contributed by atoms with Gasteiger partial charge in [0.25, 0.3) is 0 Å². The molecule has 0 aromatic heterocycles. The molecule has 15 heteroatoms. The number of phosphoric acid groups is 1. The first kappa shape index (κ1) is 58.5. The lowest BCUT2D eigenvalue weighted by Gasteiger charge is -2.41. The third-order valence-corrected chi connectivity index (χ3v) is 10.7. The predicted octanol–water partition coefficient (Wildman–Crippen LogP) is 7.80. The minimum absolute atomic E-state index is 0.00387. The lowest BCUT2D eigenvalue weighted by Crippen LogP contribution is -2.64. The van der Waals surface area contributed by atoms with Crippen LogP contribution in [0.25, 0.3) is 0 Å². The zero-order chi connectivity index (χ0) is 47.3. The van der Waals surface area contributed by atoms with Gasteiger partial charge in [-0.25, -0.2) is 4.57 Å². The maximum absolute atomic E-state index is 12.8. The molecule has 1 fully saturated rings. The monoisotopic (exact) mass is 921 g/mol. The van der Waals surface area contributed by atoms with Crippen LogP contribution in [0.3, 0.4) is 0 Å². The summed E-state index contributed by atoms with van der Waals surface area (Å²) in [4.78, 5) is 35.7. The smallest absolute Gasteiger partial charge is 0.462 e. The van der Waals surface area contributed by atoms with Gasteiger partial charge in [-0.2, -0.15) is 0 Å². The Kier molecular flexibility index (Phi) is 34.4. The zero-order valence-corrected chi connectivity index (χ0v) is 38.8. The number of allylic oxidation sites excluding steroid dienone is 16. The number of aliphatic hydroxyl groups is 6. The molecule has 0 saturated heterocycles. The summed E-state index contributed by atoms with van der Waals surface area (Å²) in [6.07, 6.45) is 34.6. The number of hydrogen-bond acceptors (Lipinski definition) is 13. The van der Waals surface area contributed by atoms with Gasteiger partial charge in [-0.1, -0.05) is 136 Å². The Balaban J connectivity index is 2.60. The fourth-order valence-electron chi connectivity index (χ4n) is 5.99. The first-order chi connectivity index (χ1) is 30.8. The first-order valence-corrected chi connectivity index (χ1v) is 24.3. The average Bonchev–Trinajstić information content (AvgIpc) is 3.27. The minimum Gasteiger partial charge on any atom is -0.462 e. The van der Waals surface area contributed by atoms with Crippen LogP contribution in [-0.4, -0.2) is 110 Å². The molecule has 362 valence electrons. The van der Waals surface area contributed by atoms with Gasteiger partial charge < -0.3 is 45.0 Å². The SMILES string of the molecule is CC/C=C\C/C=C\C/C=C\C/C=C\C=C/C(O)C/C=C\CCC(=O)OC[C@H](COP(=O)(O)OC1[C@H](O)[C@H](O)C(O)[C@H](O)[C@H]1O)OC(=O)CCCC/C=C\C/C=C\C/C=C\CCCCC. The average molecular weight is 921 g/mol. The molecule has 0 spiro atoms. The molecular formula is C49H77O14P. The van der Waals surface area contributed by atoms with Gasteiger partial charge in [0.15, 0.2) is 6.10 Å². The number of ether oxygens (including phenoxy) is 2. The number of phosphoric ester groups is 1. The van der Waals surface area contributed by atoms with Crippen molar-refractivity contribution < 1.29 is 68.2 Å². The highest BCUT2D eigenvalue weighted by Crippen LogP contribution is 2.47. The van der Waals surface area contributed by atoms with Crippen LogP contribution in [-0.2, 0) is 32.7 Å². The van der Waals surface area contributed by atoms with Crippen LogP contribution in [0.5, 0.6) is 0 Å². The van der Waals surface area contributed by atoms with Crippen molar-refractivity contribution in [3.8, 4) is 0 Å². The van der Waals surface area contributed by atoms with E-state index in [1.165, 1.54) is 19.3 Å². The van der Waals surface area contributed by atoms with Crippen LogP contribution < -0.4 is 0 Å². The Morgan fingerprint density at radius 3 is 1.67 bits per heavy atom. The van der Waals surface area contributed by atoms with E-state index >= 15 is 0 Å². The van der Waals surface area contributed by atoms with Crippen molar-refractivity contribution in [2.75, 3.05) is 13.2 Å². The van der Waals surface area contributed by atoms with Crippen molar-refractivity contribution in [2.45, 2.75) is 172 Å². The topological polar surface area (TPSA) is 230 Å². The van der Waals surface area contributed by atoms with Gasteiger partial charge in [-0.05, 0) is 83.5 Å². The fraction of sp³-hybridized carbons (Fsp3) is 0.592. The molecule has 0 amide bonds. The Hall–Kier alpha value is -3.53. The van der Waals surface area contributed by atoms with Gasteiger partial charge in [0.2, 0.25) is 0 Å². The predicted molar refractivity (Wildman–Crippen MR) is 250 cm³/mol. The normalized spacial score (nSPS) is 23.1. The van der Waals surface area contributed by atoms with Crippen LogP contribution >= 0.6 is 7.82 Å². The molecule has 9 atom stereocenters. The van der Waals surface area contributed by atoms with E-state index in [2.05, 4.69) is 80.7 Å². The van der Waals surface area contributed by atoms with E-state index in [4.69, 9.17) is 18.5 Å². The third-order valence-electron chi connectivity index (χ3n) is 9.69. The Morgan fingerprint density at radius 2 is 1.09 bits per heavy atom. The number of rotatable bonds is 35. The molecule has 7 N–H and O–H groups in total. The molecule has 64 heavy (non-hydrogen) atoms. The maximum atomic E-state index is 12.8. The lowest BCUT2D eigenvalue weighted by atomic mass is 9.85. The second-order valence-electron chi connectivity index (χ2n) is 15.4. The number of esters is 2. The molecule has 0 heterocycles. The van der Waals surface area contributed by atoms with Crippen molar-refractivity contribution in [3.05, 3.63) is 109 Å². The van der Waals surface area contributed by atoms with E-state index < -0.39 is 81.8 Å². The van der Waals surface area contributed by atoms with Crippen molar-refractivity contribution in [2.24, 2.45) is 0 Å². The molecule has 4 unspecified atom stereocenters. The molecular weight excluding hydrogens is 843 g/mol. The number of unbranched alkanes of at least 4 members (excludes halogenated alkanes) is 5. The third kappa shape index (κ3) is 29.8. The standard InChI is InChI=1S/C49H77O14P/c1-3-5-7-9-11-13-15-17-18-20-22-24-26-28-32-37-43(52)62-41(39-61-64(58,59)63-49-47(56)45(54)44(53)46(55)48(49)57)38-60-42(51)36-33-29-31-35-40(50)34-30-27-25-23-21-19-16-14-12-10-8-6-4-2/h6,8,11-14,17-19,21-22,24-25,27,29-31,34,40-41,44-50,53-57H,3-5,7,9-10,15-16,20,23,26,28,32-33,35-39H2,1-2H3,(H,58,59)/b8-6-,13-11-,14-12-,18-17-,21-19-,24-22-,27-25-,31-29-,34-30-/t40?,41-,44?,45-,46+,47-,48-,49?/m1/s1. The van der Waals surface area contributed by atoms with Gasteiger partial charge >= 0.3 is 19.8 Å². The Morgan fingerprint density at radius 1 is 0.578 bits per heavy atom. The molecule has 0 bridgehead atoms. The molecule has 0 aliphatic heterocycles.